The van der Waals surface area contributed by atoms with E-state index < -0.39 is 10.0 Å². The smallest absolute Gasteiger partial charge is 0.257 e. The first-order chi connectivity index (χ1) is 8.47. The molecule has 0 fully saturated rings. The van der Waals surface area contributed by atoms with E-state index in [1.54, 1.807) is 18.2 Å². The van der Waals surface area contributed by atoms with Gasteiger partial charge in [0.25, 0.3) is 10.0 Å². The first kappa shape index (κ1) is 15.3. The van der Waals surface area contributed by atoms with E-state index in [9.17, 15) is 8.42 Å². The van der Waals surface area contributed by atoms with Gasteiger partial charge < -0.3 is 10.2 Å². The highest BCUT2D eigenvalue weighted by atomic mass is 35.5. The Morgan fingerprint density at radius 2 is 1.89 bits per heavy atom. The summed E-state index contributed by atoms with van der Waals surface area (Å²) in [6.45, 7) is 0.0552. The fraction of sp³-hybridized carbons (Fsp3) is 0.200. The Bertz CT molecular complexity index is 513. The van der Waals surface area contributed by atoms with Crippen LogP contribution in [0.1, 0.15) is 0 Å². The summed E-state index contributed by atoms with van der Waals surface area (Å²) in [5.41, 5.74) is 2.63. The zero-order chi connectivity index (χ0) is 13.6. The molecule has 0 bridgehead atoms. The van der Waals surface area contributed by atoms with E-state index in [4.69, 9.17) is 27.9 Å². The molecule has 5 nitrogen and oxygen atoms in total. The summed E-state index contributed by atoms with van der Waals surface area (Å²) in [4.78, 5) is 2.28. The summed E-state index contributed by atoms with van der Waals surface area (Å²) < 4.78 is 28.4. The maximum Gasteiger partial charge on any atom is 0.257 e. The van der Waals surface area contributed by atoms with Crippen LogP contribution in [0.4, 0.5) is 0 Å². The molecular formula is C10H12Cl2N2O3S. The third-order valence-corrected chi connectivity index (χ3v) is 3.63. The molecule has 0 heterocycles. The molecule has 0 saturated carbocycles. The predicted octanol–water partition coefficient (Wildman–Crippen LogP) is 1.76. The zero-order valence-corrected chi connectivity index (χ0v) is 11.8. The van der Waals surface area contributed by atoms with Gasteiger partial charge in [-0.1, -0.05) is 41.4 Å². The Labute approximate surface area is 116 Å². The highest BCUT2D eigenvalue weighted by Crippen LogP contribution is 2.12. The molecular weight excluding hydrogens is 299 g/mol. The second-order valence-corrected chi connectivity index (χ2v) is 5.85. The Kier molecular flexibility index (Phi) is 5.90. The molecule has 1 rings (SSSR count). The SMILES string of the molecule is COCC(NNS(=O)(=O)c1ccccc1)=C(Cl)Cl. The van der Waals surface area contributed by atoms with Crippen molar-refractivity contribution in [2.24, 2.45) is 0 Å². The van der Waals surface area contributed by atoms with Crippen molar-refractivity contribution in [2.75, 3.05) is 13.7 Å². The van der Waals surface area contributed by atoms with Crippen LogP contribution in [-0.4, -0.2) is 22.1 Å². The molecule has 1 aromatic carbocycles. The maximum atomic E-state index is 11.8. The van der Waals surface area contributed by atoms with Gasteiger partial charge in [0.05, 0.1) is 17.2 Å². The molecule has 0 radical (unpaired) electrons. The standard InChI is InChI=1S/C10H12Cl2N2O3S/c1-17-7-9(10(11)12)13-14-18(15,16)8-5-3-2-4-6-8/h2-6,13-14H,7H2,1H3. The number of hydrogen-bond donors (Lipinski definition) is 2. The number of rotatable bonds is 6. The molecule has 100 valence electrons. The van der Waals surface area contributed by atoms with Gasteiger partial charge in [-0.15, -0.1) is 4.83 Å². The third-order valence-electron chi connectivity index (χ3n) is 1.91. The van der Waals surface area contributed by atoms with E-state index in [-0.39, 0.29) is 21.7 Å². The molecule has 0 aliphatic carbocycles. The molecule has 1 aromatic rings. The second kappa shape index (κ2) is 6.96. The summed E-state index contributed by atoms with van der Waals surface area (Å²) in [7, 11) is -2.24. The highest BCUT2D eigenvalue weighted by molar-refractivity contribution is 7.89. The van der Waals surface area contributed by atoms with Crippen LogP contribution in [0.3, 0.4) is 0 Å². The number of halogens is 2. The number of methoxy groups -OCH3 is 1. The first-order valence-electron chi connectivity index (χ1n) is 4.83. The fourth-order valence-electron chi connectivity index (χ4n) is 1.07. The van der Waals surface area contributed by atoms with Crippen molar-refractivity contribution in [3.8, 4) is 0 Å². The van der Waals surface area contributed by atoms with Crippen LogP contribution in [0.15, 0.2) is 45.4 Å². The number of ether oxygens (including phenoxy) is 1. The van der Waals surface area contributed by atoms with Gasteiger partial charge in [-0.3, -0.25) is 0 Å². The molecule has 0 unspecified atom stereocenters. The summed E-state index contributed by atoms with van der Waals surface area (Å²) in [6.07, 6.45) is 0. The van der Waals surface area contributed by atoms with Crippen molar-refractivity contribution in [3.05, 3.63) is 40.5 Å². The molecule has 0 atom stereocenters. The Morgan fingerprint density at radius 3 is 2.39 bits per heavy atom. The molecule has 0 aliphatic heterocycles. The van der Waals surface area contributed by atoms with Gasteiger partial charge in [0.2, 0.25) is 0 Å². The highest BCUT2D eigenvalue weighted by Gasteiger charge is 2.14. The van der Waals surface area contributed by atoms with Gasteiger partial charge in [0, 0.05) is 7.11 Å². The summed E-state index contributed by atoms with van der Waals surface area (Å²) in [5.74, 6) is 0. The monoisotopic (exact) mass is 310 g/mol. The lowest BCUT2D eigenvalue weighted by Crippen LogP contribution is -2.38. The minimum atomic E-state index is -3.68. The number of benzene rings is 1. The van der Waals surface area contributed by atoms with Gasteiger partial charge >= 0.3 is 0 Å². The minimum Gasteiger partial charge on any atom is -0.378 e. The second-order valence-electron chi connectivity index (χ2n) is 3.22. The van der Waals surface area contributed by atoms with E-state index in [0.717, 1.165) is 0 Å². The summed E-state index contributed by atoms with van der Waals surface area (Å²) in [6, 6.07) is 7.89. The molecule has 0 spiro atoms. The topological polar surface area (TPSA) is 67.4 Å². The van der Waals surface area contributed by atoms with Crippen molar-refractivity contribution < 1.29 is 13.2 Å². The lowest BCUT2D eigenvalue weighted by molar-refractivity contribution is 0.219. The van der Waals surface area contributed by atoms with E-state index >= 15 is 0 Å². The maximum absolute atomic E-state index is 11.8. The molecule has 0 aliphatic rings. The quantitative estimate of drug-likeness (QED) is 0.786. The van der Waals surface area contributed by atoms with Crippen molar-refractivity contribution in [3.63, 3.8) is 0 Å². The van der Waals surface area contributed by atoms with Crippen molar-refractivity contribution in [1.82, 2.24) is 10.3 Å². The van der Waals surface area contributed by atoms with Gasteiger partial charge in [-0.05, 0) is 12.1 Å². The van der Waals surface area contributed by atoms with E-state index in [2.05, 4.69) is 10.3 Å². The molecule has 0 saturated heterocycles. The average Bonchev–Trinajstić information content (AvgIpc) is 2.35. The molecule has 2 N–H and O–H groups in total. The normalized spacial score (nSPS) is 11.1. The summed E-state index contributed by atoms with van der Waals surface area (Å²) in [5, 5.41) is 0. The van der Waals surface area contributed by atoms with Crippen LogP contribution in [0.25, 0.3) is 0 Å². The van der Waals surface area contributed by atoms with Crippen LogP contribution in [0.5, 0.6) is 0 Å². The van der Waals surface area contributed by atoms with Crippen LogP contribution in [0.2, 0.25) is 0 Å². The first-order valence-corrected chi connectivity index (χ1v) is 7.07. The van der Waals surface area contributed by atoms with Gasteiger partial charge in [-0.25, -0.2) is 8.42 Å². The zero-order valence-electron chi connectivity index (χ0n) is 9.48. The van der Waals surface area contributed by atoms with Crippen LogP contribution >= 0.6 is 23.2 Å². The Morgan fingerprint density at radius 1 is 1.28 bits per heavy atom. The van der Waals surface area contributed by atoms with Gasteiger partial charge in [-0.2, -0.15) is 0 Å². The van der Waals surface area contributed by atoms with E-state index in [1.165, 1.54) is 19.2 Å². The molecule has 18 heavy (non-hydrogen) atoms. The van der Waals surface area contributed by atoms with Crippen molar-refractivity contribution >= 4 is 33.2 Å². The Hall–Kier alpha value is -0.790. The lowest BCUT2D eigenvalue weighted by atomic mass is 10.4. The van der Waals surface area contributed by atoms with Gasteiger partial charge in [0.1, 0.15) is 4.49 Å². The van der Waals surface area contributed by atoms with Crippen molar-refractivity contribution in [2.45, 2.75) is 4.90 Å². The van der Waals surface area contributed by atoms with E-state index in [1.807, 2.05) is 0 Å². The van der Waals surface area contributed by atoms with Crippen LogP contribution in [-0.2, 0) is 14.8 Å². The fourth-order valence-corrected chi connectivity index (χ4v) is 2.16. The number of nitrogens with one attached hydrogen (secondary N) is 2. The largest absolute Gasteiger partial charge is 0.378 e. The average molecular weight is 311 g/mol. The molecule has 8 heteroatoms. The number of sulfonamides is 1. The van der Waals surface area contributed by atoms with Crippen LogP contribution in [0, 0.1) is 0 Å². The lowest BCUT2D eigenvalue weighted by Gasteiger charge is -2.12. The van der Waals surface area contributed by atoms with Gasteiger partial charge in [0.15, 0.2) is 0 Å². The molecule has 0 aromatic heterocycles. The Balaban J connectivity index is 2.77. The van der Waals surface area contributed by atoms with Crippen molar-refractivity contribution in [1.29, 1.82) is 0 Å². The minimum absolute atomic E-state index is 0.0552. The third kappa shape index (κ3) is 4.47. The number of hydrogen-bond acceptors (Lipinski definition) is 4. The predicted molar refractivity (Wildman–Crippen MR) is 70.5 cm³/mol. The number of hydrazine groups is 1. The van der Waals surface area contributed by atoms with Crippen LogP contribution < -0.4 is 10.3 Å². The molecule has 0 amide bonds. The summed E-state index contributed by atoms with van der Waals surface area (Å²) >= 11 is 11.1. The van der Waals surface area contributed by atoms with E-state index in [0.29, 0.717) is 0 Å².